The number of carbonyl (C=O) groups excluding carboxylic acids is 1. The van der Waals surface area contributed by atoms with Gasteiger partial charge in [-0.25, -0.2) is 14.8 Å². The van der Waals surface area contributed by atoms with Crippen molar-refractivity contribution in [2.75, 3.05) is 11.1 Å². The quantitative estimate of drug-likeness (QED) is 0.656. The smallest absolute Gasteiger partial charge is 0.316 e. The molecule has 26 heavy (non-hydrogen) atoms. The van der Waals surface area contributed by atoms with Crippen LogP contribution in [0.25, 0.3) is 11.2 Å². The van der Waals surface area contributed by atoms with E-state index >= 15 is 0 Å². The van der Waals surface area contributed by atoms with E-state index < -0.39 is 11.2 Å². The fraction of sp³-hybridized carbons (Fsp3) is 0.400. The minimum atomic E-state index is -0.440. The van der Waals surface area contributed by atoms with Gasteiger partial charge in [0.25, 0.3) is 5.56 Å². The lowest BCUT2D eigenvalue weighted by Gasteiger charge is -2.03. The van der Waals surface area contributed by atoms with Gasteiger partial charge in [-0.2, -0.15) is 0 Å². The highest BCUT2D eigenvalue weighted by Crippen LogP contribution is 2.23. The maximum absolute atomic E-state index is 12.3. The van der Waals surface area contributed by atoms with E-state index in [4.69, 9.17) is 0 Å². The first-order valence-corrected chi connectivity index (χ1v) is 9.50. The first-order chi connectivity index (χ1) is 12.2. The van der Waals surface area contributed by atoms with Crippen LogP contribution in [0.5, 0.6) is 0 Å². The van der Waals surface area contributed by atoms with E-state index in [1.807, 2.05) is 13.8 Å². The zero-order chi connectivity index (χ0) is 19.2. The second kappa shape index (κ2) is 6.72. The SMILES string of the molecule is Cc1nc(NC(=O)CSc2nc3c(c(=O)n(C)c(=O)n3C)n2C)sc1C. The summed E-state index contributed by atoms with van der Waals surface area (Å²) in [5.74, 6) is -0.0964. The lowest BCUT2D eigenvalue weighted by Crippen LogP contribution is -2.37. The number of thiazole rings is 1. The van der Waals surface area contributed by atoms with Crippen LogP contribution in [0.15, 0.2) is 14.7 Å². The predicted octanol–water partition coefficient (Wildman–Crippen LogP) is 0.775. The van der Waals surface area contributed by atoms with E-state index in [1.165, 1.54) is 34.7 Å². The van der Waals surface area contributed by atoms with Crippen LogP contribution in [0.3, 0.4) is 0 Å². The van der Waals surface area contributed by atoms with Crippen LogP contribution in [-0.2, 0) is 25.9 Å². The Morgan fingerprint density at radius 3 is 2.42 bits per heavy atom. The minimum absolute atomic E-state index is 0.114. The van der Waals surface area contributed by atoms with E-state index in [0.29, 0.717) is 21.5 Å². The summed E-state index contributed by atoms with van der Waals surface area (Å²) in [5, 5.41) is 3.81. The highest BCUT2D eigenvalue weighted by Gasteiger charge is 2.18. The van der Waals surface area contributed by atoms with Crippen molar-refractivity contribution in [2.45, 2.75) is 19.0 Å². The van der Waals surface area contributed by atoms with E-state index in [1.54, 1.807) is 18.7 Å². The number of carbonyl (C=O) groups is 1. The third-order valence-corrected chi connectivity index (χ3v) is 6.06. The molecule has 138 valence electrons. The normalized spacial score (nSPS) is 11.3. The molecular formula is C15H18N6O3S2. The third kappa shape index (κ3) is 3.07. The Kier molecular flexibility index (Phi) is 4.76. The summed E-state index contributed by atoms with van der Waals surface area (Å²) in [6.45, 7) is 3.84. The molecule has 0 radical (unpaired) electrons. The second-order valence-corrected chi connectivity index (χ2v) is 7.97. The fourth-order valence-electron chi connectivity index (χ4n) is 2.44. The molecule has 0 bridgehead atoms. The molecule has 0 fully saturated rings. The Balaban J connectivity index is 1.83. The van der Waals surface area contributed by atoms with Gasteiger partial charge in [0.2, 0.25) is 5.91 Å². The van der Waals surface area contributed by atoms with E-state index in [9.17, 15) is 14.4 Å². The molecule has 0 aliphatic heterocycles. The van der Waals surface area contributed by atoms with Crippen LogP contribution in [0.2, 0.25) is 0 Å². The topological polar surface area (TPSA) is 104 Å². The number of amides is 1. The molecule has 0 saturated heterocycles. The van der Waals surface area contributed by atoms with Crippen molar-refractivity contribution in [1.29, 1.82) is 0 Å². The number of thioether (sulfide) groups is 1. The molecule has 3 aromatic rings. The molecule has 9 nitrogen and oxygen atoms in total. The molecule has 1 N–H and O–H groups in total. The van der Waals surface area contributed by atoms with E-state index in [2.05, 4.69) is 15.3 Å². The van der Waals surface area contributed by atoms with Crippen LogP contribution < -0.4 is 16.6 Å². The Morgan fingerprint density at radius 2 is 1.81 bits per heavy atom. The lowest BCUT2D eigenvalue weighted by molar-refractivity contribution is -0.113. The molecule has 0 atom stereocenters. The summed E-state index contributed by atoms with van der Waals surface area (Å²) in [4.78, 5) is 46.2. The third-order valence-electron chi connectivity index (χ3n) is 4.04. The Morgan fingerprint density at radius 1 is 1.12 bits per heavy atom. The average molecular weight is 394 g/mol. The number of hydrogen-bond donors (Lipinski definition) is 1. The average Bonchev–Trinajstić information content (AvgIpc) is 3.08. The van der Waals surface area contributed by atoms with Crippen molar-refractivity contribution in [3.63, 3.8) is 0 Å². The fourth-order valence-corrected chi connectivity index (χ4v) is 4.04. The van der Waals surface area contributed by atoms with Crippen LogP contribution in [0.4, 0.5) is 5.13 Å². The summed E-state index contributed by atoms with van der Waals surface area (Å²) in [5.41, 5.74) is 0.663. The summed E-state index contributed by atoms with van der Waals surface area (Å²) in [7, 11) is 4.68. The highest BCUT2D eigenvalue weighted by molar-refractivity contribution is 7.99. The standard InChI is InChI=1S/C15H18N6O3S2/c1-7-8(2)26-13(16-7)17-9(22)6-25-14-18-11-10(19(14)3)12(23)21(5)15(24)20(11)4/h6H2,1-5H3,(H,16,17,22). The number of anilines is 1. The minimum Gasteiger partial charge on any atom is -0.316 e. The number of aryl methyl sites for hydroxylation is 4. The number of rotatable bonds is 4. The number of imidazole rings is 1. The largest absolute Gasteiger partial charge is 0.332 e. The Bertz CT molecular complexity index is 1120. The number of aromatic nitrogens is 5. The maximum atomic E-state index is 12.3. The number of fused-ring (bicyclic) bond motifs is 1. The van der Waals surface area contributed by atoms with Gasteiger partial charge < -0.3 is 9.88 Å². The first kappa shape index (κ1) is 18.4. The van der Waals surface area contributed by atoms with Crippen molar-refractivity contribution >= 4 is 45.3 Å². The van der Waals surface area contributed by atoms with Gasteiger partial charge in [0.1, 0.15) is 0 Å². The Hall–Kier alpha value is -2.40. The second-order valence-electron chi connectivity index (χ2n) is 5.83. The summed E-state index contributed by atoms with van der Waals surface area (Å²) >= 11 is 2.62. The molecule has 0 saturated carbocycles. The molecule has 3 rings (SSSR count). The van der Waals surface area contributed by atoms with Gasteiger partial charge in [0.15, 0.2) is 21.5 Å². The molecule has 3 aromatic heterocycles. The molecule has 0 aliphatic rings. The maximum Gasteiger partial charge on any atom is 0.332 e. The monoisotopic (exact) mass is 394 g/mol. The van der Waals surface area contributed by atoms with Crippen molar-refractivity contribution in [2.24, 2.45) is 21.1 Å². The van der Waals surface area contributed by atoms with Crippen molar-refractivity contribution in [1.82, 2.24) is 23.7 Å². The number of hydrogen-bond acceptors (Lipinski definition) is 7. The zero-order valence-corrected chi connectivity index (χ0v) is 16.6. The van der Waals surface area contributed by atoms with E-state index in [0.717, 1.165) is 15.1 Å². The summed E-state index contributed by atoms with van der Waals surface area (Å²) in [6.07, 6.45) is 0. The highest BCUT2D eigenvalue weighted by atomic mass is 32.2. The van der Waals surface area contributed by atoms with Crippen molar-refractivity contribution in [3.05, 3.63) is 31.4 Å². The molecule has 3 heterocycles. The zero-order valence-electron chi connectivity index (χ0n) is 15.0. The molecule has 11 heteroatoms. The molecule has 0 unspecified atom stereocenters. The van der Waals surface area contributed by atoms with Gasteiger partial charge >= 0.3 is 5.69 Å². The lowest BCUT2D eigenvalue weighted by atomic mass is 10.4. The first-order valence-electron chi connectivity index (χ1n) is 7.69. The van der Waals surface area contributed by atoms with Crippen molar-refractivity contribution in [3.8, 4) is 0 Å². The van der Waals surface area contributed by atoms with Crippen LogP contribution >= 0.6 is 23.1 Å². The van der Waals surface area contributed by atoms with Gasteiger partial charge in [-0.3, -0.25) is 18.7 Å². The van der Waals surface area contributed by atoms with Crippen LogP contribution in [0, 0.1) is 13.8 Å². The molecule has 0 aliphatic carbocycles. The van der Waals surface area contributed by atoms with Crippen LogP contribution in [0.1, 0.15) is 10.6 Å². The summed E-state index contributed by atoms with van der Waals surface area (Å²) < 4.78 is 3.97. The van der Waals surface area contributed by atoms with Gasteiger partial charge in [0.05, 0.1) is 11.4 Å². The molecule has 1 amide bonds. The Labute approximate surface area is 156 Å². The van der Waals surface area contributed by atoms with E-state index in [-0.39, 0.29) is 11.7 Å². The van der Waals surface area contributed by atoms with Crippen LogP contribution in [-0.4, -0.2) is 35.3 Å². The van der Waals surface area contributed by atoms with Gasteiger partial charge in [-0.15, -0.1) is 11.3 Å². The van der Waals surface area contributed by atoms with Gasteiger partial charge in [0, 0.05) is 26.0 Å². The predicted molar refractivity (Wildman–Crippen MR) is 102 cm³/mol. The summed E-state index contributed by atoms with van der Waals surface area (Å²) in [6, 6.07) is 0. The van der Waals surface area contributed by atoms with Gasteiger partial charge in [-0.1, -0.05) is 11.8 Å². The van der Waals surface area contributed by atoms with Gasteiger partial charge in [-0.05, 0) is 13.8 Å². The number of nitrogens with zero attached hydrogens (tertiary/aromatic N) is 5. The molecule has 0 aromatic carbocycles. The van der Waals surface area contributed by atoms with Crippen molar-refractivity contribution < 1.29 is 4.79 Å². The number of nitrogens with one attached hydrogen (secondary N) is 1. The molecular weight excluding hydrogens is 376 g/mol. The molecule has 0 spiro atoms.